The lowest BCUT2D eigenvalue weighted by Gasteiger charge is -2.22. The molecular weight excluding hydrogens is 492 g/mol. The van der Waals surface area contributed by atoms with Gasteiger partial charge in [0.2, 0.25) is 0 Å². The fraction of sp³-hybridized carbons (Fsp3) is 0.333. The minimum atomic E-state index is -4.45. The predicted octanol–water partition coefficient (Wildman–Crippen LogP) is 7.03. The summed E-state index contributed by atoms with van der Waals surface area (Å²) in [5.41, 5.74) is 0.678. The molecule has 5 nitrogen and oxygen atoms in total. The van der Waals surface area contributed by atoms with Gasteiger partial charge in [0, 0.05) is 16.1 Å². The number of hydrogen-bond acceptors (Lipinski definition) is 4. The van der Waals surface area contributed by atoms with Crippen molar-refractivity contribution in [3.05, 3.63) is 69.3 Å². The number of alkyl halides is 3. The summed E-state index contributed by atoms with van der Waals surface area (Å²) in [7, 11) is 0. The van der Waals surface area contributed by atoms with Crippen LogP contribution in [-0.2, 0) is 27.1 Å². The molecule has 0 aliphatic rings. The molecule has 0 saturated carbocycles. The van der Waals surface area contributed by atoms with Crippen molar-refractivity contribution < 1.29 is 27.4 Å². The highest BCUT2D eigenvalue weighted by molar-refractivity contribution is 6.35. The Balaban J connectivity index is 2.08. The van der Waals surface area contributed by atoms with Crippen molar-refractivity contribution in [2.45, 2.75) is 46.1 Å². The number of esters is 1. The molecule has 0 fully saturated rings. The smallest absolute Gasteiger partial charge is 0.416 e. The first kappa shape index (κ1) is 26.1. The summed E-state index contributed by atoms with van der Waals surface area (Å²) in [6.45, 7) is 6.83. The first-order chi connectivity index (χ1) is 15.8. The average molecular weight is 515 g/mol. The molecule has 0 aliphatic carbocycles. The zero-order valence-corrected chi connectivity index (χ0v) is 20.5. The second-order valence-electron chi connectivity index (χ2n) is 8.02. The summed E-state index contributed by atoms with van der Waals surface area (Å²) >= 11 is 12.4. The third-order valence-electron chi connectivity index (χ3n) is 5.18. The Morgan fingerprint density at radius 2 is 1.74 bits per heavy atom. The van der Waals surface area contributed by atoms with E-state index in [9.17, 15) is 18.0 Å². The van der Waals surface area contributed by atoms with Gasteiger partial charge in [-0.2, -0.15) is 18.3 Å². The lowest BCUT2D eigenvalue weighted by Crippen LogP contribution is -2.36. The Labute approximate surface area is 205 Å². The number of nitrogens with zero attached hydrogens (tertiary/aromatic N) is 2. The molecule has 2 aromatic carbocycles. The largest absolute Gasteiger partial charge is 0.464 e. The molecule has 0 atom stereocenters. The van der Waals surface area contributed by atoms with E-state index in [2.05, 4.69) is 5.10 Å². The van der Waals surface area contributed by atoms with E-state index in [0.717, 1.165) is 12.1 Å². The quantitative estimate of drug-likeness (QED) is 0.317. The maximum atomic E-state index is 13.1. The van der Waals surface area contributed by atoms with Gasteiger partial charge in [-0.25, -0.2) is 9.48 Å². The first-order valence-corrected chi connectivity index (χ1v) is 11.1. The lowest BCUT2D eigenvalue weighted by atomic mass is 10.0. The van der Waals surface area contributed by atoms with E-state index in [4.69, 9.17) is 32.7 Å². The normalized spacial score (nSPS) is 12.1. The summed E-state index contributed by atoms with van der Waals surface area (Å²) in [6.07, 6.45) is -4.45. The second kappa shape index (κ2) is 9.98. The molecule has 0 amide bonds. The van der Waals surface area contributed by atoms with Gasteiger partial charge in [-0.15, -0.1) is 0 Å². The van der Waals surface area contributed by atoms with Crippen LogP contribution >= 0.6 is 23.2 Å². The zero-order chi connectivity index (χ0) is 25.3. The molecule has 1 aromatic heterocycles. The first-order valence-electron chi connectivity index (χ1n) is 10.4. The predicted molar refractivity (Wildman–Crippen MR) is 124 cm³/mol. The topological polar surface area (TPSA) is 53.4 Å². The van der Waals surface area contributed by atoms with E-state index in [1.165, 1.54) is 16.8 Å². The fourth-order valence-corrected chi connectivity index (χ4v) is 3.76. The van der Waals surface area contributed by atoms with Gasteiger partial charge in [0.05, 0.1) is 40.9 Å². The summed E-state index contributed by atoms with van der Waals surface area (Å²) in [5, 5.41) is 5.35. The number of benzene rings is 2. The van der Waals surface area contributed by atoms with Gasteiger partial charge in [-0.3, -0.25) is 0 Å². The van der Waals surface area contributed by atoms with Gasteiger partial charge >= 0.3 is 12.1 Å². The zero-order valence-electron chi connectivity index (χ0n) is 19.0. The molecule has 3 aromatic rings. The van der Waals surface area contributed by atoms with Gasteiger partial charge in [0.25, 0.3) is 0 Å². The van der Waals surface area contributed by atoms with Crippen LogP contribution in [0.2, 0.25) is 10.0 Å². The van der Waals surface area contributed by atoms with Crippen LogP contribution in [0.15, 0.2) is 42.5 Å². The molecule has 0 unspecified atom stereocenters. The van der Waals surface area contributed by atoms with E-state index in [0.29, 0.717) is 38.2 Å². The van der Waals surface area contributed by atoms with E-state index in [-0.39, 0.29) is 13.2 Å². The summed E-state index contributed by atoms with van der Waals surface area (Å²) in [4.78, 5) is 12.2. The molecule has 0 bridgehead atoms. The second-order valence-corrected chi connectivity index (χ2v) is 8.87. The summed E-state index contributed by atoms with van der Waals surface area (Å²) in [5.74, 6) is -0.518. The highest BCUT2D eigenvalue weighted by Crippen LogP contribution is 2.35. The Bertz CT molecular complexity index is 1190. The molecule has 0 aliphatic heterocycles. The monoisotopic (exact) mass is 514 g/mol. The van der Waals surface area contributed by atoms with Crippen LogP contribution in [-0.4, -0.2) is 28.0 Å². The number of ether oxygens (including phenoxy) is 2. The molecular formula is C24H23Cl2F3N2O3. The van der Waals surface area contributed by atoms with Crippen LogP contribution in [0.5, 0.6) is 0 Å². The van der Waals surface area contributed by atoms with Gasteiger partial charge in [0.1, 0.15) is 0 Å². The van der Waals surface area contributed by atoms with Gasteiger partial charge < -0.3 is 9.47 Å². The van der Waals surface area contributed by atoms with Crippen LogP contribution in [0.4, 0.5) is 13.2 Å². The maximum Gasteiger partial charge on any atom is 0.416 e. The number of halogens is 5. The molecule has 0 saturated heterocycles. The van der Waals surface area contributed by atoms with Crippen molar-refractivity contribution in [2.75, 3.05) is 6.61 Å². The van der Waals surface area contributed by atoms with E-state index >= 15 is 0 Å². The average Bonchev–Trinajstić information content (AvgIpc) is 3.08. The number of aromatic nitrogens is 2. The molecule has 10 heteroatoms. The van der Waals surface area contributed by atoms with E-state index < -0.39 is 23.3 Å². The van der Waals surface area contributed by atoms with Crippen LogP contribution in [0.3, 0.4) is 0 Å². The molecule has 0 spiro atoms. The Hall–Kier alpha value is -2.55. The highest BCUT2D eigenvalue weighted by atomic mass is 35.5. The van der Waals surface area contributed by atoms with Gasteiger partial charge in [-0.05, 0) is 58.0 Å². The summed E-state index contributed by atoms with van der Waals surface area (Å²) < 4.78 is 51.6. The number of hydrogen-bond donors (Lipinski definition) is 0. The van der Waals surface area contributed by atoms with Crippen molar-refractivity contribution >= 4 is 29.2 Å². The van der Waals surface area contributed by atoms with Crippen molar-refractivity contribution in [3.8, 4) is 16.9 Å². The Kier molecular flexibility index (Phi) is 7.65. The number of carbonyl (C=O) groups excluding carboxylic acids is 1. The van der Waals surface area contributed by atoms with Crippen molar-refractivity contribution in [1.82, 2.24) is 9.78 Å². The van der Waals surface area contributed by atoms with Crippen LogP contribution in [0.1, 0.15) is 37.6 Å². The SMILES string of the molecule is CCOC(=O)C(C)(C)OCc1nn(-c2ccc(Cl)cc2Cl)c(-c2ccc(C(F)(F)F)cc2)c1C. The Morgan fingerprint density at radius 1 is 1.09 bits per heavy atom. The van der Waals surface area contributed by atoms with E-state index in [1.54, 1.807) is 45.9 Å². The van der Waals surface area contributed by atoms with Gasteiger partial charge in [-0.1, -0.05) is 35.3 Å². The maximum absolute atomic E-state index is 13.1. The molecule has 0 N–H and O–H groups in total. The van der Waals surface area contributed by atoms with Crippen LogP contribution in [0.25, 0.3) is 16.9 Å². The molecule has 3 rings (SSSR count). The fourth-order valence-electron chi connectivity index (χ4n) is 3.27. The molecule has 34 heavy (non-hydrogen) atoms. The molecule has 1 heterocycles. The third-order valence-corrected chi connectivity index (χ3v) is 5.72. The van der Waals surface area contributed by atoms with Crippen LogP contribution in [0, 0.1) is 6.92 Å². The third kappa shape index (κ3) is 5.56. The minimum absolute atomic E-state index is 0.0382. The number of rotatable bonds is 7. The lowest BCUT2D eigenvalue weighted by molar-refractivity contribution is -0.169. The molecule has 0 radical (unpaired) electrons. The van der Waals surface area contributed by atoms with Crippen molar-refractivity contribution in [1.29, 1.82) is 0 Å². The number of carbonyl (C=O) groups is 1. The summed E-state index contributed by atoms with van der Waals surface area (Å²) in [6, 6.07) is 9.62. The van der Waals surface area contributed by atoms with Gasteiger partial charge in [0.15, 0.2) is 5.60 Å². The van der Waals surface area contributed by atoms with Crippen molar-refractivity contribution in [2.24, 2.45) is 0 Å². The van der Waals surface area contributed by atoms with E-state index in [1.807, 2.05) is 0 Å². The van der Waals surface area contributed by atoms with Crippen LogP contribution < -0.4 is 0 Å². The van der Waals surface area contributed by atoms with Crippen molar-refractivity contribution in [3.63, 3.8) is 0 Å². The Morgan fingerprint density at radius 3 is 2.29 bits per heavy atom. The minimum Gasteiger partial charge on any atom is -0.464 e. The molecule has 182 valence electrons. The standard InChI is InChI=1S/C24H23Cl2F3N2O3/c1-5-33-22(32)23(3,4)34-13-19-14(2)21(15-6-8-16(9-7-15)24(27,28)29)31(30-19)20-11-10-17(25)12-18(20)26/h6-12H,5,13H2,1-4H3. The highest BCUT2D eigenvalue weighted by Gasteiger charge is 2.32.